The van der Waals surface area contributed by atoms with Crippen molar-refractivity contribution < 1.29 is 4.79 Å². The van der Waals surface area contributed by atoms with Gasteiger partial charge in [0.1, 0.15) is 0 Å². The van der Waals surface area contributed by atoms with Gasteiger partial charge in [0, 0.05) is 0 Å². The molecule has 0 saturated carbocycles. The Morgan fingerprint density at radius 1 is 0.833 bits per heavy atom. The van der Waals surface area contributed by atoms with E-state index in [1.54, 1.807) is 4.90 Å². The van der Waals surface area contributed by atoms with E-state index in [2.05, 4.69) is 0 Å². The Morgan fingerprint density at radius 3 is 1.56 bits per heavy atom. The summed E-state index contributed by atoms with van der Waals surface area (Å²) in [4.78, 5) is 13.2. The molecule has 18 heavy (non-hydrogen) atoms. The van der Waals surface area contributed by atoms with Crippen LogP contribution in [0.1, 0.15) is 23.2 Å². The Balaban J connectivity index is 1.94. The summed E-state index contributed by atoms with van der Waals surface area (Å²) >= 11 is 0. The first-order valence-corrected chi connectivity index (χ1v) is 5.96. The van der Waals surface area contributed by atoms with Gasteiger partial charge in [0.05, 0.1) is 12.1 Å². The number of carbonyl (C=O) groups excluding carboxylic acids is 1. The van der Waals surface area contributed by atoms with Crippen molar-refractivity contribution in [1.82, 2.24) is 4.90 Å². The minimum atomic E-state index is -0.363. The van der Waals surface area contributed by atoms with Crippen LogP contribution in [0.2, 0.25) is 0 Å². The van der Waals surface area contributed by atoms with Crippen molar-refractivity contribution in [3.05, 3.63) is 71.8 Å². The van der Waals surface area contributed by atoms with E-state index in [0.29, 0.717) is 0 Å². The van der Waals surface area contributed by atoms with Crippen LogP contribution in [0.4, 0.5) is 4.79 Å². The van der Waals surface area contributed by atoms with Gasteiger partial charge in [0.15, 0.2) is 0 Å². The first-order chi connectivity index (χ1) is 8.79. The zero-order valence-electron chi connectivity index (χ0n) is 9.86. The van der Waals surface area contributed by atoms with Crippen molar-refractivity contribution in [2.75, 3.05) is 0 Å². The molecule has 3 heteroatoms. The zero-order valence-corrected chi connectivity index (χ0v) is 9.86. The second kappa shape index (κ2) is 4.18. The Hall–Kier alpha value is -2.29. The highest BCUT2D eigenvalue weighted by molar-refractivity contribution is 5.77. The summed E-state index contributed by atoms with van der Waals surface area (Å²) in [5.41, 5.74) is 7.70. The monoisotopic (exact) mass is 238 g/mol. The molecule has 2 atom stereocenters. The van der Waals surface area contributed by atoms with Crippen LogP contribution in [-0.2, 0) is 0 Å². The molecule has 1 heterocycles. The van der Waals surface area contributed by atoms with Crippen LogP contribution in [0.3, 0.4) is 0 Å². The summed E-state index contributed by atoms with van der Waals surface area (Å²) in [5, 5.41) is 0. The van der Waals surface area contributed by atoms with Gasteiger partial charge < -0.3 is 10.6 Å². The third-order valence-electron chi connectivity index (χ3n) is 3.35. The number of rotatable bonds is 2. The number of hydrogen-bond acceptors (Lipinski definition) is 1. The lowest BCUT2D eigenvalue weighted by molar-refractivity contribution is 0.234. The highest BCUT2D eigenvalue weighted by Gasteiger charge is 2.51. The Bertz CT molecular complexity index is 508. The van der Waals surface area contributed by atoms with E-state index >= 15 is 0 Å². The Morgan fingerprint density at radius 2 is 1.22 bits per heavy atom. The van der Waals surface area contributed by atoms with Crippen molar-refractivity contribution in [2.24, 2.45) is 5.73 Å². The van der Waals surface area contributed by atoms with Crippen LogP contribution in [0.15, 0.2) is 60.7 Å². The maximum atomic E-state index is 11.5. The first kappa shape index (κ1) is 10.8. The van der Waals surface area contributed by atoms with Crippen LogP contribution in [-0.4, -0.2) is 10.9 Å². The standard InChI is InChI=1S/C15H14N2O/c16-15(18)17-13(11-7-3-1-4-8-11)14(17)12-9-5-2-6-10-12/h1-10,13-14H,(H2,16,18)/t13-,14-/m0/s1. The molecule has 1 saturated heterocycles. The summed E-state index contributed by atoms with van der Waals surface area (Å²) in [6.07, 6.45) is 0. The van der Waals surface area contributed by atoms with E-state index in [1.165, 1.54) is 0 Å². The topological polar surface area (TPSA) is 46.1 Å². The molecule has 90 valence electrons. The Labute approximate surface area is 106 Å². The lowest BCUT2D eigenvalue weighted by atomic mass is 10.0. The second-order valence-electron chi connectivity index (χ2n) is 4.46. The number of amides is 2. The molecule has 1 aliphatic heterocycles. The van der Waals surface area contributed by atoms with Crippen molar-refractivity contribution in [3.63, 3.8) is 0 Å². The minimum Gasteiger partial charge on any atom is -0.351 e. The molecule has 3 nitrogen and oxygen atoms in total. The molecule has 0 bridgehead atoms. The van der Waals surface area contributed by atoms with Gasteiger partial charge in [0.2, 0.25) is 0 Å². The average molecular weight is 238 g/mol. The molecule has 2 aromatic rings. The molecule has 0 spiro atoms. The van der Waals surface area contributed by atoms with Gasteiger partial charge >= 0.3 is 6.03 Å². The maximum Gasteiger partial charge on any atom is 0.315 e. The molecule has 0 aliphatic carbocycles. The van der Waals surface area contributed by atoms with E-state index in [-0.39, 0.29) is 18.1 Å². The molecule has 2 amide bonds. The number of primary amides is 1. The molecular formula is C15H14N2O. The third-order valence-corrected chi connectivity index (χ3v) is 3.35. The quantitative estimate of drug-likeness (QED) is 0.803. The van der Waals surface area contributed by atoms with Gasteiger partial charge in [0.25, 0.3) is 0 Å². The molecule has 2 aromatic carbocycles. The molecule has 0 aromatic heterocycles. The molecular weight excluding hydrogens is 224 g/mol. The maximum absolute atomic E-state index is 11.5. The van der Waals surface area contributed by atoms with Gasteiger partial charge in [-0.25, -0.2) is 4.79 Å². The molecule has 1 aliphatic rings. The smallest absolute Gasteiger partial charge is 0.315 e. The predicted octanol–water partition coefficient (Wildman–Crippen LogP) is 2.86. The predicted molar refractivity (Wildman–Crippen MR) is 69.8 cm³/mol. The third kappa shape index (κ3) is 1.74. The number of benzene rings is 2. The van der Waals surface area contributed by atoms with Gasteiger partial charge in [-0.2, -0.15) is 0 Å². The van der Waals surface area contributed by atoms with E-state index in [9.17, 15) is 4.79 Å². The van der Waals surface area contributed by atoms with E-state index in [0.717, 1.165) is 11.1 Å². The number of hydrogen-bond donors (Lipinski definition) is 1. The van der Waals surface area contributed by atoms with Crippen LogP contribution >= 0.6 is 0 Å². The number of urea groups is 1. The summed E-state index contributed by atoms with van der Waals surface area (Å²) < 4.78 is 0. The van der Waals surface area contributed by atoms with Crippen molar-refractivity contribution in [2.45, 2.75) is 12.1 Å². The van der Waals surface area contributed by atoms with Crippen LogP contribution in [0, 0.1) is 0 Å². The molecule has 2 N–H and O–H groups in total. The number of nitrogens with two attached hydrogens (primary N) is 1. The molecule has 3 rings (SSSR count). The fraction of sp³-hybridized carbons (Fsp3) is 0.133. The summed E-state index contributed by atoms with van der Waals surface area (Å²) in [6.45, 7) is 0. The van der Waals surface area contributed by atoms with Crippen LogP contribution < -0.4 is 5.73 Å². The van der Waals surface area contributed by atoms with Gasteiger partial charge in [-0.3, -0.25) is 0 Å². The molecule has 0 unspecified atom stereocenters. The van der Waals surface area contributed by atoms with E-state index in [4.69, 9.17) is 5.73 Å². The van der Waals surface area contributed by atoms with Crippen molar-refractivity contribution in [1.29, 1.82) is 0 Å². The summed E-state index contributed by atoms with van der Waals surface area (Å²) in [5.74, 6) is 0. The van der Waals surface area contributed by atoms with Gasteiger partial charge in [-0.1, -0.05) is 60.7 Å². The Kier molecular flexibility index (Phi) is 2.52. The fourth-order valence-electron chi connectivity index (χ4n) is 2.49. The highest BCUT2D eigenvalue weighted by Crippen LogP contribution is 2.53. The lowest BCUT2D eigenvalue weighted by Gasteiger charge is -1.98. The minimum absolute atomic E-state index is 0.0751. The SMILES string of the molecule is NC(=O)N1[C@@H](c2ccccc2)[C@@H]1c1ccccc1. The number of nitrogens with zero attached hydrogens (tertiary/aromatic N) is 1. The number of carbonyl (C=O) groups is 1. The average Bonchev–Trinajstić information content (AvgIpc) is 3.16. The van der Waals surface area contributed by atoms with Gasteiger partial charge in [-0.15, -0.1) is 0 Å². The highest BCUT2D eigenvalue weighted by atomic mass is 16.2. The zero-order chi connectivity index (χ0) is 12.5. The van der Waals surface area contributed by atoms with E-state index in [1.807, 2.05) is 60.7 Å². The fourth-order valence-corrected chi connectivity index (χ4v) is 2.49. The van der Waals surface area contributed by atoms with Crippen molar-refractivity contribution >= 4 is 6.03 Å². The summed E-state index contributed by atoms with van der Waals surface area (Å²) in [6, 6.07) is 19.8. The summed E-state index contributed by atoms with van der Waals surface area (Å²) in [7, 11) is 0. The second-order valence-corrected chi connectivity index (χ2v) is 4.46. The molecule has 0 radical (unpaired) electrons. The van der Waals surface area contributed by atoms with Gasteiger partial charge in [-0.05, 0) is 11.1 Å². The first-order valence-electron chi connectivity index (χ1n) is 5.96. The van der Waals surface area contributed by atoms with Crippen LogP contribution in [0.25, 0.3) is 0 Å². The normalized spacial score (nSPS) is 21.7. The lowest BCUT2D eigenvalue weighted by Crippen LogP contribution is -2.19. The van der Waals surface area contributed by atoms with Crippen molar-refractivity contribution in [3.8, 4) is 0 Å². The van der Waals surface area contributed by atoms with Crippen LogP contribution in [0.5, 0.6) is 0 Å². The van der Waals surface area contributed by atoms with E-state index < -0.39 is 0 Å². The molecule has 1 fully saturated rings. The largest absolute Gasteiger partial charge is 0.351 e.